The van der Waals surface area contributed by atoms with Gasteiger partial charge in [0, 0.05) is 0 Å². The lowest BCUT2D eigenvalue weighted by atomic mass is 10.1. The molecule has 0 radical (unpaired) electrons. The van der Waals surface area contributed by atoms with Crippen molar-refractivity contribution >= 4 is 0 Å². The molecular formula is C11H13FO2. The fourth-order valence-electron chi connectivity index (χ4n) is 1.27. The number of hydrogen-bond acceptors (Lipinski definition) is 2. The predicted octanol–water partition coefficient (Wildman–Crippen LogP) is 2.30. The van der Waals surface area contributed by atoms with Crippen LogP contribution in [0.3, 0.4) is 0 Å². The largest absolute Gasteiger partial charge is 0.371 e. The maximum Gasteiger partial charge on any atom is 0.123 e. The summed E-state index contributed by atoms with van der Waals surface area (Å²) in [6, 6.07) is 6.48. The highest BCUT2D eigenvalue weighted by atomic mass is 19.1. The highest BCUT2D eigenvalue weighted by molar-refractivity contribution is 5.18. The van der Waals surface area contributed by atoms with Crippen LogP contribution in [0.5, 0.6) is 0 Å². The summed E-state index contributed by atoms with van der Waals surface area (Å²) in [7, 11) is 0. The Bertz CT molecular complexity index is 310. The fraction of sp³-hybridized carbons (Fsp3) is 0.455. The average Bonchev–Trinajstić information content (AvgIpc) is 2.97. The van der Waals surface area contributed by atoms with Gasteiger partial charge in [0.05, 0.1) is 19.3 Å². The summed E-state index contributed by atoms with van der Waals surface area (Å²) in [5.41, 5.74) is 0.866. The van der Waals surface area contributed by atoms with Crippen LogP contribution in [0, 0.1) is 5.82 Å². The zero-order valence-electron chi connectivity index (χ0n) is 8.07. The lowest BCUT2D eigenvalue weighted by Crippen LogP contribution is -2.06. The molecule has 0 aromatic heterocycles. The average molecular weight is 196 g/mol. The van der Waals surface area contributed by atoms with Gasteiger partial charge in [-0.05, 0) is 24.6 Å². The van der Waals surface area contributed by atoms with E-state index in [2.05, 4.69) is 0 Å². The van der Waals surface area contributed by atoms with Gasteiger partial charge in [-0.1, -0.05) is 12.1 Å². The third kappa shape index (κ3) is 2.53. The normalized spacial score (nSPS) is 22.0. The number of epoxide rings is 1. The molecule has 1 aliphatic rings. The number of halogens is 1. The minimum absolute atomic E-state index is 0.0742. The zero-order chi connectivity index (χ0) is 9.97. The molecule has 0 spiro atoms. The summed E-state index contributed by atoms with van der Waals surface area (Å²) in [6.45, 7) is 3.30. The molecule has 1 aliphatic heterocycles. The molecule has 1 fully saturated rings. The van der Waals surface area contributed by atoms with Gasteiger partial charge in [0.25, 0.3) is 0 Å². The predicted molar refractivity (Wildman–Crippen MR) is 50.5 cm³/mol. The van der Waals surface area contributed by atoms with Crippen molar-refractivity contribution in [1.82, 2.24) is 0 Å². The highest BCUT2D eigenvalue weighted by Gasteiger charge is 2.23. The molecule has 0 unspecified atom stereocenters. The summed E-state index contributed by atoms with van der Waals surface area (Å²) in [4.78, 5) is 0. The Morgan fingerprint density at radius 2 is 2.43 bits per heavy atom. The summed E-state index contributed by atoms with van der Waals surface area (Å²) in [5, 5.41) is 0. The molecule has 14 heavy (non-hydrogen) atoms. The van der Waals surface area contributed by atoms with Gasteiger partial charge in [-0.3, -0.25) is 0 Å². The Hall–Kier alpha value is -0.930. The monoisotopic (exact) mass is 196 g/mol. The second-order valence-electron chi connectivity index (χ2n) is 3.49. The molecule has 2 atom stereocenters. The van der Waals surface area contributed by atoms with Crippen LogP contribution in [-0.4, -0.2) is 19.3 Å². The van der Waals surface area contributed by atoms with Crippen molar-refractivity contribution in [2.75, 3.05) is 13.2 Å². The molecule has 1 aromatic rings. The van der Waals surface area contributed by atoms with Crippen molar-refractivity contribution in [3.63, 3.8) is 0 Å². The van der Waals surface area contributed by atoms with Gasteiger partial charge in [-0.2, -0.15) is 0 Å². The van der Waals surface area contributed by atoms with Crippen molar-refractivity contribution in [3.8, 4) is 0 Å². The van der Waals surface area contributed by atoms with E-state index in [-0.39, 0.29) is 18.0 Å². The first-order valence-electron chi connectivity index (χ1n) is 4.74. The van der Waals surface area contributed by atoms with Crippen LogP contribution in [0.4, 0.5) is 4.39 Å². The molecule has 76 valence electrons. The molecule has 2 nitrogen and oxygen atoms in total. The van der Waals surface area contributed by atoms with Crippen LogP contribution >= 0.6 is 0 Å². The van der Waals surface area contributed by atoms with E-state index in [1.165, 1.54) is 12.1 Å². The zero-order valence-corrected chi connectivity index (χ0v) is 8.07. The first-order valence-corrected chi connectivity index (χ1v) is 4.74. The van der Waals surface area contributed by atoms with Crippen LogP contribution in [0.25, 0.3) is 0 Å². The van der Waals surface area contributed by atoms with Gasteiger partial charge in [0.15, 0.2) is 0 Å². The van der Waals surface area contributed by atoms with E-state index in [0.717, 1.165) is 12.2 Å². The van der Waals surface area contributed by atoms with Crippen LogP contribution < -0.4 is 0 Å². The second-order valence-corrected chi connectivity index (χ2v) is 3.49. The van der Waals surface area contributed by atoms with Gasteiger partial charge in [-0.15, -0.1) is 0 Å². The SMILES string of the molecule is C[C@H](OC[C@@H]1CO1)c1cccc(F)c1. The van der Waals surface area contributed by atoms with Crippen LogP contribution in [0.2, 0.25) is 0 Å². The Labute approximate surface area is 82.6 Å². The highest BCUT2D eigenvalue weighted by Crippen LogP contribution is 2.19. The van der Waals surface area contributed by atoms with Crippen molar-refractivity contribution in [2.24, 2.45) is 0 Å². The maximum absolute atomic E-state index is 12.9. The standard InChI is InChI=1S/C11H13FO2/c1-8(13-6-11-7-14-11)9-3-2-4-10(12)5-9/h2-5,8,11H,6-7H2,1H3/t8-,11+/m0/s1. The Balaban J connectivity index is 1.91. The van der Waals surface area contributed by atoms with Gasteiger partial charge >= 0.3 is 0 Å². The first-order chi connectivity index (χ1) is 6.75. The smallest absolute Gasteiger partial charge is 0.123 e. The first kappa shape index (κ1) is 9.62. The van der Waals surface area contributed by atoms with E-state index in [0.29, 0.717) is 6.61 Å². The number of benzene rings is 1. The molecule has 0 aliphatic carbocycles. The van der Waals surface area contributed by atoms with Crippen LogP contribution in [-0.2, 0) is 9.47 Å². The van der Waals surface area contributed by atoms with E-state index < -0.39 is 0 Å². The van der Waals surface area contributed by atoms with Crippen molar-refractivity contribution in [2.45, 2.75) is 19.1 Å². The van der Waals surface area contributed by atoms with E-state index in [1.54, 1.807) is 6.07 Å². The van der Waals surface area contributed by atoms with E-state index in [4.69, 9.17) is 9.47 Å². The van der Waals surface area contributed by atoms with Crippen molar-refractivity contribution in [3.05, 3.63) is 35.6 Å². The molecule has 0 amide bonds. The lowest BCUT2D eigenvalue weighted by molar-refractivity contribution is 0.0538. The van der Waals surface area contributed by atoms with Gasteiger partial charge in [0.1, 0.15) is 11.9 Å². The van der Waals surface area contributed by atoms with Crippen LogP contribution in [0.1, 0.15) is 18.6 Å². The van der Waals surface area contributed by atoms with Crippen molar-refractivity contribution < 1.29 is 13.9 Å². The topological polar surface area (TPSA) is 21.8 Å². The van der Waals surface area contributed by atoms with Gasteiger partial charge in [-0.25, -0.2) is 4.39 Å². The molecule has 0 saturated carbocycles. The van der Waals surface area contributed by atoms with Gasteiger partial charge in [0.2, 0.25) is 0 Å². The maximum atomic E-state index is 12.9. The second kappa shape index (κ2) is 4.07. The molecular weight excluding hydrogens is 183 g/mol. The fourth-order valence-corrected chi connectivity index (χ4v) is 1.27. The van der Waals surface area contributed by atoms with Crippen molar-refractivity contribution in [1.29, 1.82) is 0 Å². The summed E-state index contributed by atoms with van der Waals surface area (Å²) < 4.78 is 23.4. The molecule has 1 heterocycles. The van der Waals surface area contributed by atoms with Crippen LogP contribution in [0.15, 0.2) is 24.3 Å². The number of rotatable bonds is 4. The minimum atomic E-state index is -0.222. The quantitative estimate of drug-likeness (QED) is 0.689. The van der Waals surface area contributed by atoms with Gasteiger partial charge < -0.3 is 9.47 Å². The Morgan fingerprint density at radius 1 is 1.64 bits per heavy atom. The Kier molecular flexibility index (Phi) is 2.79. The summed E-state index contributed by atoms with van der Waals surface area (Å²) in [5.74, 6) is -0.222. The molecule has 2 rings (SSSR count). The van der Waals surface area contributed by atoms with E-state index in [9.17, 15) is 4.39 Å². The molecule has 1 saturated heterocycles. The third-order valence-electron chi connectivity index (χ3n) is 2.25. The number of ether oxygens (including phenoxy) is 2. The molecule has 0 bridgehead atoms. The summed E-state index contributed by atoms with van der Waals surface area (Å²) in [6.07, 6.45) is 0.181. The minimum Gasteiger partial charge on any atom is -0.371 e. The lowest BCUT2D eigenvalue weighted by Gasteiger charge is -2.12. The molecule has 1 aromatic carbocycles. The third-order valence-corrected chi connectivity index (χ3v) is 2.25. The van der Waals surface area contributed by atoms with E-state index in [1.807, 2.05) is 13.0 Å². The molecule has 0 N–H and O–H groups in total. The molecule has 3 heteroatoms. The summed E-state index contributed by atoms with van der Waals surface area (Å²) >= 11 is 0. The number of hydrogen-bond donors (Lipinski definition) is 0. The Morgan fingerprint density at radius 3 is 3.07 bits per heavy atom. The van der Waals surface area contributed by atoms with E-state index >= 15 is 0 Å².